The molecule has 3 rings (SSSR count). The van der Waals surface area contributed by atoms with Crippen molar-refractivity contribution in [3.8, 4) is 11.3 Å². The minimum absolute atomic E-state index is 0.317. The molecule has 5 nitrogen and oxygen atoms in total. The Hall–Kier alpha value is -2.63. The van der Waals surface area contributed by atoms with E-state index in [1.807, 2.05) is 24.3 Å². The molecule has 126 valence electrons. The molecule has 0 atom stereocenters. The Morgan fingerprint density at radius 2 is 1.64 bits per heavy atom. The normalized spacial score (nSPS) is 11.4. The molecule has 1 heterocycles. The average molecular weight is 373 g/mol. The zero-order valence-electron chi connectivity index (χ0n) is 13.3. The van der Waals surface area contributed by atoms with Crippen molar-refractivity contribution < 1.29 is 4.79 Å². The maximum Gasteiger partial charge on any atom is 0.289 e. The summed E-state index contributed by atoms with van der Waals surface area (Å²) < 4.78 is 0. The summed E-state index contributed by atoms with van der Waals surface area (Å²) in [5, 5.41) is 12.2. The number of aromatic nitrogens is 2. The molecule has 2 N–H and O–H groups in total. The van der Waals surface area contributed by atoms with Crippen LogP contribution in [0.2, 0.25) is 10.0 Å². The van der Waals surface area contributed by atoms with Gasteiger partial charge >= 0.3 is 0 Å². The van der Waals surface area contributed by atoms with Crippen LogP contribution in [0, 0.1) is 0 Å². The molecule has 0 bridgehead atoms. The van der Waals surface area contributed by atoms with Gasteiger partial charge in [-0.2, -0.15) is 10.2 Å². The second-order valence-electron chi connectivity index (χ2n) is 5.32. The summed E-state index contributed by atoms with van der Waals surface area (Å²) in [5.74, 6) is -0.374. The Labute approximate surface area is 154 Å². The zero-order valence-corrected chi connectivity index (χ0v) is 14.8. The van der Waals surface area contributed by atoms with E-state index in [1.165, 1.54) is 0 Å². The van der Waals surface area contributed by atoms with Gasteiger partial charge in [-0.15, -0.1) is 0 Å². The molecule has 1 aromatic heterocycles. The number of hydrazone groups is 1. The van der Waals surface area contributed by atoms with E-state index >= 15 is 0 Å². The third kappa shape index (κ3) is 4.26. The lowest BCUT2D eigenvalue weighted by molar-refractivity contribution is 0.0950. The maximum absolute atomic E-state index is 12.2. The number of nitrogens with one attached hydrogen (secondary N) is 2. The topological polar surface area (TPSA) is 70.1 Å². The summed E-state index contributed by atoms with van der Waals surface area (Å²) in [6.45, 7) is 1.80. The molecule has 1 amide bonds. The molecule has 0 aliphatic heterocycles. The van der Waals surface area contributed by atoms with Crippen LogP contribution in [-0.2, 0) is 0 Å². The van der Waals surface area contributed by atoms with Crippen LogP contribution in [0.4, 0.5) is 0 Å². The van der Waals surface area contributed by atoms with E-state index in [0.29, 0.717) is 27.1 Å². The Kier molecular flexibility index (Phi) is 5.16. The van der Waals surface area contributed by atoms with Crippen molar-refractivity contribution >= 4 is 34.8 Å². The van der Waals surface area contributed by atoms with Gasteiger partial charge in [0.25, 0.3) is 5.91 Å². The van der Waals surface area contributed by atoms with Crippen LogP contribution in [-0.4, -0.2) is 21.8 Å². The maximum atomic E-state index is 12.2. The summed E-state index contributed by atoms with van der Waals surface area (Å²) in [5.41, 5.74) is 5.88. The number of carbonyl (C=O) groups excluding carboxylic acids is 1. The van der Waals surface area contributed by atoms with E-state index in [4.69, 9.17) is 23.2 Å². The van der Waals surface area contributed by atoms with Gasteiger partial charge in [0.2, 0.25) is 0 Å². The van der Waals surface area contributed by atoms with Crippen LogP contribution in [0.3, 0.4) is 0 Å². The number of benzene rings is 2. The first-order chi connectivity index (χ1) is 12.0. The number of nitrogens with zero attached hydrogens (tertiary/aromatic N) is 2. The minimum Gasteiger partial charge on any atom is -0.272 e. The number of H-pyrrole nitrogens is 1. The molecule has 0 aliphatic carbocycles. The standard InChI is InChI=1S/C18H14Cl2N4O/c1-11(12-2-6-14(19)7-3-12)21-24-18(25)17-10-16(22-23-17)13-4-8-15(20)9-5-13/h2-10H,1H3,(H,22,23)(H,24,25). The van der Waals surface area contributed by atoms with Gasteiger partial charge in [0, 0.05) is 15.6 Å². The van der Waals surface area contributed by atoms with Crippen molar-refractivity contribution in [3.63, 3.8) is 0 Å². The highest BCUT2D eigenvalue weighted by atomic mass is 35.5. The lowest BCUT2D eigenvalue weighted by atomic mass is 10.1. The Morgan fingerprint density at radius 1 is 1.04 bits per heavy atom. The van der Waals surface area contributed by atoms with Crippen LogP contribution in [0.5, 0.6) is 0 Å². The summed E-state index contributed by atoms with van der Waals surface area (Å²) in [7, 11) is 0. The first-order valence-electron chi connectivity index (χ1n) is 7.45. The van der Waals surface area contributed by atoms with E-state index < -0.39 is 0 Å². The molecule has 0 radical (unpaired) electrons. The van der Waals surface area contributed by atoms with Gasteiger partial charge in [-0.3, -0.25) is 9.89 Å². The van der Waals surface area contributed by atoms with Gasteiger partial charge in [0.15, 0.2) is 0 Å². The molecule has 3 aromatic rings. The SMILES string of the molecule is CC(=NNC(=O)c1cc(-c2ccc(Cl)cc2)n[nH]1)c1ccc(Cl)cc1. The van der Waals surface area contributed by atoms with Gasteiger partial charge in [0.1, 0.15) is 5.69 Å². The number of carbonyl (C=O) groups is 1. The average Bonchev–Trinajstić information content (AvgIpc) is 3.11. The molecule has 25 heavy (non-hydrogen) atoms. The highest BCUT2D eigenvalue weighted by molar-refractivity contribution is 6.31. The number of rotatable bonds is 4. The Morgan fingerprint density at radius 3 is 2.28 bits per heavy atom. The summed E-state index contributed by atoms with van der Waals surface area (Å²) in [6, 6.07) is 16.1. The fraction of sp³-hybridized carbons (Fsp3) is 0.0556. The van der Waals surface area contributed by atoms with Crippen LogP contribution in [0.25, 0.3) is 11.3 Å². The smallest absolute Gasteiger partial charge is 0.272 e. The lowest BCUT2D eigenvalue weighted by Crippen LogP contribution is -2.19. The number of hydrogen-bond acceptors (Lipinski definition) is 3. The summed E-state index contributed by atoms with van der Waals surface area (Å²) in [6.07, 6.45) is 0. The highest BCUT2D eigenvalue weighted by Crippen LogP contribution is 2.20. The van der Waals surface area contributed by atoms with E-state index in [0.717, 1.165) is 11.1 Å². The van der Waals surface area contributed by atoms with Gasteiger partial charge in [-0.1, -0.05) is 47.5 Å². The van der Waals surface area contributed by atoms with Crippen molar-refractivity contribution in [1.82, 2.24) is 15.6 Å². The quantitative estimate of drug-likeness (QED) is 0.521. The zero-order chi connectivity index (χ0) is 17.8. The number of amides is 1. The van der Waals surface area contributed by atoms with Gasteiger partial charge in [-0.05, 0) is 42.8 Å². The summed E-state index contributed by atoms with van der Waals surface area (Å²) in [4.78, 5) is 12.2. The molecule has 0 aliphatic rings. The van der Waals surface area contributed by atoms with E-state index in [9.17, 15) is 4.79 Å². The first kappa shape index (κ1) is 17.2. The predicted octanol–water partition coefficient (Wildman–Crippen LogP) is 4.54. The molecule has 0 saturated heterocycles. The van der Waals surface area contributed by atoms with Gasteiger partial charge in [0.05, 0.1) is 11.4 Å². The van der Waals surface area contributed by atoms with Crippen LogP contribution >= 0.6 is 23.2 Å². The monoisotopic (exact) mass is 372 g/mol. The Balaban J connectivity index is 1.70. The number of aromatic amines is 1. The van der Waals surface area contributed by atoms with Gasteiger partial charge in [-0.25, -0.2) is 5.43 Å². The van der Waals surface area contributed by atoms with E-state index in [-0.39, 0.29) is 5.91 Å². The molecule has 0 unspecified atom stereocenters. The van der Waals surface area contributed by atoms with Crippen molar-refractivity contribution in [3.05, 3.63) is 75.9 Å². The highest BCUT2D eigenvalue weighted by Gasteiger charge is 2.11. The molecule has 0 saturated carbocycles. The molecular formula is C18H14Cl2N4O. The number of halogens is 2. The minimum atomic E-state index is -0.374. The molecule has 2 aromatic carbocycles. The second kappa shape index (κ2) is 7.51. The van der Waals surface area contributed by atoms with Crippen molar-refractivity contribution in [2.45, 2.75) is 6.92 Å². The van der Waals surface area contributed by atoms with E-state index in [1.54, 1.807) is 37.3 Å². The fourth-order valence-electron chi connectivity index (χ4n) is 2.16. The van der Waals surface area contributed by atoms with E-state index in [2.05, 4.69) is 20.7 Å². The van der Waals surface area contributed by atoms with Crippen LogP contribution in [0.15, 0.2) is 59.7 Å². The van der Waals surface area contributed by atoms with Crippen molar-refractivity contribution in [2.75, 3.05) is 0 Å². The number of hydrogen-bond donors (Lipinski definition) is 2. The van der Waals surface area contributed by atoms with Crippen molar-refractivity contribution in [2.24, 2.45) is 5.10 Å². The van der Waals surface area contributed by atoms with Crippen LogP contribution in [0.1, 0.15) is 23.0 Å². The fourth-order valence-corrected chi connectivity index (χ4v) is 2.41. The molecule has 0 fully saturated rings. The Bertz CT molecular complexity index is 915. The summed E-state index contributed by atoms with van der Waals surface area (Å²) >= 11 is 11.7. The van der Waals surface area contributed by atoms with Crippen molar-refractivity contribution in [1.29, 1.82) is 0 Å². The second-order valence-corrected chi connectivity index (χ2v) is 6.19. The molecule has 0 spiro atoms. The lowest BCUT2D eigenvalue weighted by Gasteiger charge is -2.02. The third-order valence-corrected chi connectivity index (χ3v) is 4.05. The first-order valence-corrected chi connectivity index (χ1v) is 8.20. The molecular weight excluding hydrogens is 359 g/mol. The van der Waals surface area contributed by atoms with Gasteiger partial charge < -0.3 is 0 Å². The predicted molar refractivity (Wildman–Crippen MR) is 100 cm³/mol. The largest absolute Gasteiger partial charge is 0.289 e. The third-order valence-electron chi connectivity index (χ3n) is 3.55. The molecule has 7 heteroatoms. The van der Waals surface area contributed by atoms with Crippen LogP contribution < -0.4 is 5.43 Å².